The van der Waals surface area contributed by atoms with Gasteiger partial charge in [0.1, 0.15) is 16.4 Å². The van der Waals surface area contributed by atoms with E-state index in [0.717, 1.165) is 12.1 Å². The van der Waals surface area contributed by atoms with Crippen molar-refractivity contribution in [2.24, 2.45) is 0 Å². The Bertz CT molecular complexity index is 831. The summed E-state index contributed by atoms with van der Waals surface area (Å²) in [5.74, 6) is 1.31. The minimum atomic E-state index is -3.76. The molecular weight excluding hydrogens is 332 g/mol. The molecule has 1 unspecified atom stereocenters. The van der Waals surface area contributed by atoms with Gasteiger partial charge in [0, 0.05) is 18.7 Å². The summed E-state index contributed by atoms with van der Waals surface area (Å²) < 4.78 is 43.5. The molecule has 0 saturated carbocycles. The molecule has 130 valence electrons. The van der Waals surface area contributed by atoms with Crippen molar-refractivity contribution in [1.29, 1.82) is 0 Å². The summed E-state index contributed by atoms with van der Waals surface area (Å²) in [5, 5.41) is 3.87. The van der Waals surface area contributed by atoms with E-state index in [0.29, 0.717) is 24.5 Å². The van der Waals surface area contributed by atoms with Crippen molar-refractivity contribution in [3.8, 4) is 11.5 Å². The van der Waals surface area contributed by atoms with Crippen LogP contribution in [-0.2, 0) is 10.0 Å². The van der Waals surface area contributed by atoms with Gasteiger partial charge in [-0.3, -0.25) is 0 Å². The van der Waals surface area contributed by atoms with Crippen LogP contribution in [0.1, 0.15) is 30.3 Å². The number of benzene rings is 1. The zero-order valence-electron chi connectivity index (χ0n) is 13.9. The molecule has 0 spiro atoms. The Morgan fingerprint density at radius 2 is 2.04 bits per heavy atom. The maximum absolute atomic E-state index is 13.2. The van der Waals surface area contributed by atoms with Crippen molar-refractivity contribution in [1.82, 2.24) is 9.46 Å². The molecule has 1 fully saturated rings. The van der Waals surface area contributed by atoms with E-state index in [1.807, 2.05) is 6.92 Å². The normalized spacial score (nSPS) is 18.7. The SMILES string of the molecule is COc1ccc(OC)c(S(=O)(=O)N2CCCC2c2cc(C)no2)c1. The summed E-state index contributed by atoms with van der Waals surface area (Å²) in [7, 11) is -0.821. The molecule has 1 atom stereocenters. The van der Waals surface area contributed by atoms with Gasteiger partial charge in [-0.05, 0) is 31.9 Å². The fraction of sp³-hybridized carbons (Fsp3) is 0.438. The Morgan fingerprint density at radius 1 is 1.25 bits per heavy atom. The second-order valence-corrected chi connectivity index (χ2v) is 7.52. The Morgan fingerprint density at radius 3 is 2.67 bits per heavy atom. The van der Waals surface area contributed by atoms with E-state index in [9.17, 15) is 8.42 Å². The van der Waals surface area contributed by atoms with Crippen LogP contribution < -0.4 is 9.47 Å². The van der Waals surface area contributed by atoms with Crippen LogP contribution in [0.25, 0.3) is 0 Å². The van der Waals surface area contributed by atoms with E-state index in [4.69, 9.17) is 14.0 Å². The maximum atomic E-state index is 13.2. The number of hydrogen-bond donors (Lipinski definition) is 0. The van der Waals surface area contributed by atoms with Gasteiger partial charge in [0.2, 0.25) is 10.0 Å². The van der Waals surface area contributed by atoms with Crippen LogP contribution in [0.3, 0.4) is 0 Å². The van der Waals surface area contributed by atoms with Crippen molar-refractivity contribution in [3.05, 3.63) is 35.7 Å². The predicted octanol–water partition coefficient (Wildman–Crippen LogP) is 2.53. The Hall–Kier alpha value is -2.06. The standard InChI is InChI=1S/C16H20N2O5S/c1-11-9-15(23-17-11)13-5-4-8-18(13)24(19,20)16-10-12(21-2)6-7-14(16)22-3/h6-7,9-10,13H,4-5,8H2,1-3H3. The zero-order chi connectivity index (χ0) is 17.3. The van der Waals surface area contributed by atoms with Gasteiger partial charge < -0.3 is 14.0 Å². The number of nitrogens with zero attached hydrogens (tertiary/aromatic N) is 2. The highest BCUT2D eigenvalue weighted by Gasteiger charge is 2.39. The molecule has 1 aromatic heterocycles. The molecule has 1 aliphatic heterocycles. The van der Waals surface area contributed by atoms with Crippen molar-refractivity contribution < 1.29 is 22.4 Å². The monoisotopic (exact) mass is 352 g/mol. The molecule has 8 heteroatoms. The summed E-state index contributed by atoms with van der Waals surface area (Å²) in [6.07, 6.45) is 1.45. The van der Waals surface area contributed by atoms with Crippen molar-refractivity contribution in [3.63, 3.8) is 0 Å². The first-order chi connectivity index (χ1) is 11.5. The molecule has 0 amide bonds. The van der Waals surface area contributed by atoms with E-state index in [1.165, 1.54) is 24.6 Å². The van der Waals surface area contributed by atoms with E-state index >= 15 is 0 Å². The molecule has 0 N–H and O–H groups in total. The Labute approximate surface area is 141 Å². The lowest BCUT2D eigenvalue weighted by Gasteiger charge is -2.23. The van der Waals surface area contributed by atoms with Gasteiger partial charge in [-0.1, -0.05) is 5.16 Å². The maximum Gasteiger partial charge on any atom is 0.247 e. The van der Waals surface area contributed by atoms with Crippen molar-refractivity contribution >= 4 is 10.0 Å². The average molecular weight is 352 g/mol. The highest BCUT2D eigenvalue weighted by atomic mass is 32.2. The van der Waals surface area contributed by atoms with Gasteiger partial charge >= 0.3 is 0 Å². The van der Waals surface area contributed by atoms with E-state index in [1.54, 1.807) is 18.2 Å². The second kappa shape index (κ2) is 6.45. The van der Waals surface area contributed by atoms with Gasteiger partial charge in [0.25, 0.3) is 0 Å². The fourth-order valence-corrected chi connectivity index (χ4v) is 4.80. The van der Waals surface area contributed by atoms with Crippen LogP contribution >= 0.6 is 0 Å². The summed E-state index contributed by atoms with van der Waals surface area (Å²) in [5.41, 5.74) is 0.730. The predicted molar refractivity (Wildman–Crippen MR) is 86.7 cm³/mol. The number of sulfonamides is 1. The number of rotatable bonds is 5. The fourth-order valence-electron chi connectivity index (χ4n) is 2.96. The molecule has 7 nitrogen and oxygen atoms in total. The molecule has 0 bridgehead atoms. The molecule has 1 aromatic carbocycles. The molecule has 1 aliphatic rings. The number of methoxy groups -OCH3 is 2. The summed E-state index contributed by atoms with van der Waals surface area (Å²) >= 11 is 0. The van der Waals surface area contributed by atoms with E-state index in [-0.39, 0.29) is 16.7 Å². The molecule has 0 aliphatic carbocycles. The van der Waals surface area contributed by atoms with Crippen LogP contribution in [0.4, 0.5) is 0 Å². The highest BCUT2D eigenvalue weighted by molar-refractivity contribution is 7.89. The van der Waals surface area contributed by atoms with Gasteiger partial charge in [0.05, 0.1) is 26.0 Å². The smallest absolute Gasteiger partial charge is 0.247 e. The van der Waals surface area contributed by atoms with Gasteiger partial charge in [0.15, 0.2) is 5.76 Å². The summed E-state index contributed by atoms with van der Waals surface area (Å²) in [6.45, 7) is 2.24. The lowest BCUT2D eigenvalue weighted by molar-refractivity contribution is 0.296. The minimum absolute atomic E-state index is 0.0903. The third-order valence-corrected chi connectivity index (χ3v) is 6.07. The van der Waals surface area contributed by atoms with E-state index in [2.05, 4.69) is 5.16 Å². The molecule has 0 radical (unpaired) electrons. The quantitative estimate of drug-likeness (QED) is 0.822. The van der Waals surface area contributed by atoms with Crippen LogP contribution in [0.2, 0.25) is 0 Å². The van der Waals surface area contributed by atoms with Gasteiger partial charge in [-0.15, -0.1) is 0 Å². The van der Waals surface area contributed by atoms with Crippen LogP contribution in [0.15, 0.2) is 33.7 Å². The molecule has 24 heavy (non-hydrogen) atoms. The third kappa shape index (κ3) is 2.87. The molecule has 2 heterocycles. The number of aryl methyl sites for hydroxylation is 1. The molecule has 1 saturated heterocycles. The lowest BCUT2D eigenvalue weighted by atomic mass is 10.2. The average Bonchev–Trinajstić information content (AvgIpc) is 3.23. The summed E-state index contributed by atoms with van der Waals surface area (Å²) in [6, 6.07) is 6.16. The lowest BCUT2D eigenvalue weighted by Crippen LogP contribution is -2.30. The first-order valence-corrected chi connectivity index (χ1v) is 9.08. The topological polar surface area (TPSA) is 81.9 Å². The Balaban J connectivity index is 2.03. The number of aromatic nitrogens is 1. The van der Waals surface area contributed by atoms with Gasteiger partial charge in [-0.25, -0.2) is 8.42 Å². The van der Waals surface area contributed by atoms with Crippen LogP contribution in [0, 0.1) is 6.92 Å². The largest absolute Gasteiger partial charge is 0.497 e. The molecule has 2 aromatic rings. The molecule has 3 rings (SSSR count). The highest BCUT2D eigenvalue weighted by Crippen LogP contribution is 2.39. The van der Waals surface area contributed by atoms with Crippen LogP contribution in [-0.4, -0.2) is 38.6 Å². The Kier molecular flexibility index (Phi) is 4.51. The first-order valence-electron chi connectivity index (χ1n) is 7.64. The van der Waals surface area contributed by atoms with Gasteiger partial charge in [-0.2, -0.15) is 4.31 Å². The number of hydrogen-bond acceptors (Lipinski definition) is 6. The van der Waals surface area contributed by atoms with Crippen molar-refractivity contribution in [2.75, 3.05) is 20.8 Å². The summed E-state index contributed by atoms with van der Waals surface area (Å²) in [4.78, 5) is 0.0903. The first kappa shape index (κ1) is 16.8. The van der Waals surface area contributed by atoms with Crippen molar-refractivity contribution in [2.45, 2.75) is 30.7 Å². The van der Waals surface area contributed by atoms with Crippen LogP contribution in [0.5, 0.6) is 11.5 Å². The third-order valence-electron chi connectivity index (χ3n) is 4.14. The second-order valence-electron chi connectivity index (χ2n) is 5.66. The van der Waals surface area contributed by atoms with E-state index < -0.39 is 10.0 Å². The minimum Gasteiger partial charge on any atom is -0.497 e. The molecular formula is C16H20N2O5S. The number of ether oxygens (including phenoxy) is 2. The zero-order valence-corrected chi connectivity index (χ0v) is 14.7.